The maximum absolute atomic E-state index is 3.70. The van der Waals surface area contributed by atoms with E-state index in [4.69, 9.17) is 0 Å². The second kappa shape index (κ2) is 6.20. The molecule has 2 heteroatoms. The second-order valence-corrected chi connectivity index (χ2v) is 4.61. The van der Waals surface area contributed by atoms with Crippen LogP contribution in [0.5, 0.6) is 0 Å². The highest BCUT2D eigenvalue weighted by Gasteiger charge is 2.28. The van der Waals surface area contributed by atoms with Crippen molar-refractivity contribution in [2.45, 2.75) is 32.7 Å². The van der Waals surface area contributed by atoms with Crippen molar-refractivity contribution in [3.8, 4) is 0 Å². The van der Waals surface area contributed by atoms with Crippen molar-refractivity contribution in [3.63, 3.8) is 0 Å². The van der Waals surface area contributed by atoms with Gasteiger partial charge in [-0.15, -0.1) is 6.58 Å². The Morgan fingerprint density at radius 2 is 2.21 bits per heavy atom. The second-order valence-electron chi connectivity index (χ2n) is 4.61. The molecular weight excluding hydrogens is 172 g/mol. The number of nitrogens with zero attached hydrogens (tertiary/aromatic N) is 1. The molecule has 1 aliphatic carbocycles. The first kappa shape index (κ1) is 11.7. The molecule has 0 amide bonds. The summed E-state index contributed by atoms with van der Waals surface area (Å²) in [6, 6.07) is 0.892. The highest BCUT2D eigenvalue weighted by Crippen LogP contribution is 2.26. The van der Waals surface area contributed by atoms with E-state index in [1.54, 1.807) is 0 Å². The maximum Gasteiger partial charge on any atom is 0.0132 e. The molecule has 0 aliphatic heterocycles. The first-order chi connectivity index (χ1) is 6.74. The molecule has 0 unspecified atom stereocenters. The Morgan fingerprint density at radius 1 is 1.50 bits per heavy atom. The zero-order chi connectivity index (χ0) is 10.4. The van der Waals surface area contributed by atoms with E-state index < -0.39 is 0 Å². The van der Waals surface area contributed by atoms with Gasteiger partial charge in [0.15, 0.2) is 0 Å². The van der Waals surface area contributed by atoms with Crippen LogP contribution in [-0.2, 0) is 0 Å². The summed E-state index contributed by atoms with van der Waals surface area (Å²) in [6.07, 6.45) is 4.74. The van der Waals surface area contributed by atoms with E-state index in [9.17, 15) is 0 Å². The van der Waals surface area contributed by atoms with E-state index in [1.165, 1.54) is 25.9 Å². The van der Waals surface area contributed by atoms with Crippen molar-refractivity contribution in [2.75, 3.05) is 26.2 Å². The van der Waals surface area contributed by atoms with Crippen molar-refractivity contribution in [1.29, 1.82) is 0 Å². The van der Waals surface area contributed by atoms with Crippen LogP contribution >= 0.6 is 0 Å². The third-order valence-corrected chi connectivity index (χ3v) is 2.53. The zero-order valence-electron chi connectivity index (χ0n) is 9.63. The van der Waals surface area contributed by atoms with Crippen molar-refractivity contribution in [1.82, 2.24) is 10.2 Å². The number of nitrogens with one attached hydrogen (secondary N) is 1. The summed E-state index contributed by atoms with van der Waals surface area (Å²) in [6.45, 7) is 12.8. The summed E-state index contributed by atoms with van der Waals surface area (Å²) >= 11 is 0. The molecule has 0 aromatic heterocycles. The molecule has 1 rings (SSSR count). The van der Waals surface area contributed by atoms with Gasteiger partial charge in [0.25, 0.3) is 0 Å². The fourth-order valence-electron chi connectivity index (χ4n) is 1.76. The quantitative estimate of drug-likeness (QED) is 0.471. The molecular formula is C12H24N2. The van der Waals surface area contributed by atoms with Gasteiger partial charge in [-0.05, 0) is 18.8 Å². The zero-order valence-corrected chi connectivity index (χ0v) is 9.63. The molecule has 0 saturated heterocycles. The maximum atomic E-state index is 3.70. The molecule has 1 fully saturated rings. The van der Waals surface area contributed by atoms with Crippen LogP contribution in [0, 0.1) is 5.92 Å². The average molecular weight is 196 g/mol. The number of hydrogen-bond acceptors (Lipinski definition) is 2. The Bertz CT molecular complexity index is 162. The summed E-state index contributed by atoms with van der Waals surface area (Å²) in [7, 11) is 0. The Morgan fingerprint density at radius 3 is 2.71 bits per heavy atom. The van der Waals surface area contributed by atoms with E-state index in [0.29, 0.717) is 0 Å². The molecule has 82 valence electrons. The summed E-state index contributed by atoms with van der Waals surface area (Å²) in [5, 5.41) is 3.36. The van der Waals surface area contributed by atoms with Gasteiger partial charge >= 0.3 is 0 Å². The summed E-state index contributed by atoms with van der Waals surface area (Å²) in [5.74, 6) is 0.787. The lowest BCUT2D eigenvalue weighted by Crippen LogP contribution is -2.36. The van der Waals surface area contributed by atoms with E-state index in [1.807, 2.05) is 6.08 Å². The van der Waals surface area contributed by atoms with Crippen LogP contribution in [0.25, 0.3) is 0 Å². The highest BCUT2D eigenvalue weighted by molar-refractivity contribution is 4.85. The molecule has 0 aromatic carbocycles. The van der Waals surface area contributed by atoms with Crippen LogP contribution in [0.3, 0.4) is 0 Å². The largest absolute Gasteiger partial charge is 0.312 e. The van der Waals surface area contributed by atoms with E-state index in [-0.39, 0.29) is 0 Å². The van der Waals surface area contributed by atoms with Gasteiger partial charge in [0, 0.05) is 32.2 Å². The van der Waals surface area contributed by atoms with Gasteiger partial charge in [-0.25, -0.2) is 0 Å². The molecule has 1 N–H and O–H groups in total. The van der Waals surface area contributed by atoms with Gasteiger partial charge in [0.05, 0.1) is 0 Å². The normalized spacial score (nSPS) is 16.6. The Kier molecular flexibility index (Phi) is 5.20. The molecule has 0 bridgehead atoms. The molecule has 0 spiro atoms. The molecule has 0 aromatic rings. The van der Waals surface area contributed by atoms with Crippen molar-refractivity contribution >= 4 is 0 Å². The lowest BCUT2D eigenvalue weighted by atomic mass is 10.2. The van der Waals surface area contributed by atoms with Crippen LogP contribution in [-0.4, -0.2) is 37.1 Å². The van der Waals surface area contributed by atoms with Crippen molar-refractivity contribution in [2.24, 2.45) is 5.92 Å². The van der Waals surface area contributed by atoms with Crippen LogP contribution in [0.15, 0.2) is 12.7 Å². The van der Waals surface area contributed by atoms with Gasteiger partial charge in [-0.1, -0.05) is 19.9 Å². The van der Waals surface area contributed by atoms with Gasteiger partial charge in [-0.2, -0.15) is 0 Å². The fourth-order valence-corrected chi connectivity index (χ4v) is 1.76. The predicted molar refractivity (Wildman–Crippen MR) is 62.5 cm³/mol. The standard InChI is InChI=1S/C12H24N2/c1-4-7-13-8-9-14(10-11(2)3)12-5-6-12/h4,11-13H,1,5-10H2,2-3H3. The highest BCUT2D eigenvalue weighted by atomic mass is 15.2. The predicted octanol–water partition coefficient (Wildman–Crippen LogP) is 1.88. The SMILES string of the molecule is C=CCNCCN(CC(C)C)C1CC1. The Balaban J connectivity index is 2.11. The van der Waals surface area contributed by atoms with Crippen molar-refractivity contribution in [3.05, 3.63) is 12.7 Å². The van der Waals surface area contributed by atoms with E-state index in [0.717, 1.165) is 25.0 Å². The lowest BCUT2D eigenvalue weighted by molar-refractivity contribution is 0.235. The molecule has 1 saturated carbocycles. The minimum Gasteiger partial charge on any atom is -0.312 e. The summed E-state index contributed by atoms with van der Waals surface area (Å²) < 4.78 is 0. The number of hydrogen-bond donors (Lipinski definition) is 1. The Labute approximate surface area is 88.4 Å². The first-order valence-electron chi connectivity index (χ1n) is 5.79. The first-order valence-corrected chi connectivity index (χ1v) is 5.79. The van der Waals surface area contributed by atoms with Crippen molar-refractivity contribution < 1.29 is 0 Å². The van der Waals surface area contributed by atoms with E-state index >= 15 is 0 Å². The average Bonchev–Trinajstić information content (AvgIpc) is 2.92. The van der Waals surface area contributed by atoms with Gasteiger partial charge in [0.2, 0.25) is 0 Å². The molecule has 0 radical (unpaired) electrons. The summed E-state index contributed by atoms with van der Waals surface area (Å²) in [5.41, 5.74) is 0. The van der Waals surface area contributed by atoms with Gasteiger partial charge in [0.1, 0.15) is 0 Å². The van der Waals surface area contributed by atoms with Gasteiger partial charge < -0.3 is 5.32 Å². The van der Waals surface area contributed by atoms with E-state index in [2.05, 4.69) is 30.6 Å². The summed E-state index contributed by atoms with van der Waals surface area (Å²) in [4.78, 5) is 2.63. The minimum atomic E-state index is 0.787. The fraction of sp³-hybridized carbons (Fsp3) is 0.833. The molecule has 0 heterocycles. The number of rotatable bonds is 8. The Hall–Kier alpha value is -0.340. The molecule has 1 aliphatic rings. The molecule has 0 atom stereocenters. The van der Waals surface area contributed by atoms with Crippen LogP contribution < -0.4 is 5.32 Å². The lowest BCUT2D eigenvalue weighted by Gasteiger charge is -2.23. The topological polar surface area (TPSA) is 15.3 Å². The third kappa shape index (κ3) is 4.77. The smallest absolute Gasteiger partial charge is 0.0132 e. The van der Waals surface area contributed by atoms with Crippen LogP contribution in [0.1, 0.15) is 26.7 Å². The minimum absolute atomic E-state index is 0.787. The molecule has 14 heavy (non-hydrogen) atoms. The monoisotopic (exact) mass is 196 g/mol. The van der Waals surface area contributed by atoms with Gasteiger partial charge in [-0.3, -0.25) is 4.90 Å². The van der Waals surface area contributed by atoms with Crippen LogP contribution in [0.2, 0.25) is 0 Å². The third-order valence-electron chi connectivity index (χ3n) is 2.53. The van der Waals surface area contributed by atoms with Crippen LogP contribution in [0.4, 0.5) is 0 Å². The molecule has 2 nitrogen and oxygen atoms in total.